The summed E-state index contributed by atoms with van der Waals surface area (Å²) in [5, 5.41) is 2.71. The van der Waals surface area contributed by atoms with Crippen LogP contribution in [0.5, 0.6) is 0 Å². The number of para-hydroxylation sites is 1. The van der Waals surface area contributed by atoms with E-state index in [0.717, 1.165) is 12.8 Å². The number of anilines is 1. The normalized spacial score (nSPS) is 16.7. The van der Waals surface area contributed by atoms with Gasteiger partial charge in [0.05, 0.1) is 5.41 Å². The maximum Gasteiger partial charge on any atom is 0.317 e. The van der Waals surface area contributed by atoms with Gasteiger partial charge >= 0.3 is 5.97 Å². The highest BCUT2D eigenvalue weighted by Gasteiger charge is 2.46. The van der Waals surface area contributed by atoms with Gasteiger partial charge in [0.2, 0.25) is 0 Å². The highest BCUT2D eigenvalue weighted by Crippen LogP contribution is 2.43. The molecule has 0 aliphatic heterocycles. The summed E-state index contributed by atoms with van der Waals surface area (Å²) < 4.78 is 19.8. The summed E-state index contributed by atoms with van der Waals surface area (Å²) in [6.45, 7) is 1.53. The van der Waals surface area contributed by atoms with E-state index in [2.05, 4.69) is 5.32 Å². The fourth-order valence-electron chi connectivity index (χ4n) is 3.50. The van der Waals surface area contributed by atoms with Crippen molar-refractivity contribution in [2.24, 2.45) is 0 Å². The van der Waals surface area contributed by atoms with Crippen LogP contribution in [-0.4, -0.2) is 18.0 Å². The minimum Gasteiger partial charge on any atom is -0.452 e. The fourth-order valence-corrected chi connectivity index (χ4v) is 3.50. The van der Waals surface area contributed by atoms with Gasteiger partial charge in [0.25, 0.3) is 5.91 Å². The molecule has 2 aromatic rings. The van der Waals surface area contributed by atoms with Crippen molar-refractivity contribution in [1.29, 1.82) is 0 Å². The summed E-state index contributed by atoms with van der Waals surface area (Å²) in [7, 11) is 0. The molecule has 0 radical (unpaired) electrons. The van der Waals surface area contributed by atoms with E-state index in [1.807, 2.05) is 6.07 Å². The first-order valence-corrected chi connectivity index (χ1v) is 8.85. The summed E-state index contributed by atoms with van der Waals surface area (Å²) >= 11 is 0. The van der Waals surface area contributed by atoms with Crippen molar-refractivity contribution >= 4 is 17.6 Å². The molecule has 1 aliphatic carbocycles. The minimum absolute atomic E-state index is 0.359. The Morgan fingerprint density at radius 3 is 2.31 bits per heavy atom. The third kappa shape index (κ3) is 3.62. The standard InChI is InChI=1S/C21H22FNO3/c1-15(19(24)23-16-9-3-2-4-10-16)26-20(25)21(13-7-8-14-21)17-11-5-6-12-18(17)22/h2-6,9-12,15H,7-8,13-14H2,1H3,(H,23,24)/t15-/m0/s1. The highest BCUT2D eigenvalue weighted by molar-refractivity contribution is 5.96. The van der Waals surface area contributed by atoms with E-state index < -0.39 is 29.2 Å². The first kappa shape index (κ1) is 18.1. The van der Waals surface area contributed by atoms with Crippen LogP contribution in [-0.2, 0) is 19.7 Å². The van der Waals surface area contributed by atoms with Gasteiger partial charge in [0, 0.05) is 11.3 Å². The second-order valence-corrected chi connectivity index (χ2v) is 6.67. The SMILES string of the molecule is C[C@H](OC(=O)C1(c2ccccc2F)CCCC1)C(=O)Nc1ccccc1. The molecular formula is C21H22FNO3. The van der Waals surface area contributed by atoms with Crippen LogP contribution < -0.4 is 5.32 Å². The quantitative estimate of drug-likeness (QED) is 0.818. The number of benzene rings is 2. The van der Waals surface area contributed by atoms with Crippen molar-refractivity contribution < 1.29 is 18.7 Å². The molecule has 0 heterocycles. The van der Waals surface area contributed by atoms with Gasteiger partial charge in [0.1, 0.15) is 5.82 Å². The summed E-state index contributed by atoms with van der Waals surface area (Å²) in [4.78, 5) is 25.2. The van der Waals surface area contributed by atoms with Gasteiger partial charge in [-0.25, -0.2) is 4.39 Å². The van der Waals surface area contributed by atoms with E-state index in [9.17, 15) is 14.0 Å². The molecule has 1 atom stereocenters. The Labute approximate surface area is 152 Å². The van der Waals surface area contributed by atoms with E-state index in [1.165, 1.54) is 13.0 Å². The van der Waals surface area contributed by atoms with Crippen LogP contribution in [0, 0.1) is 5.82 Å². The van der Waals surface area contributed by atoms with Crippen molar-refractivity contribution in [3.8, 4) is 0 Å². The number of halogens is 1. The van der Waals surface area contributed by atoms with Gasteiger partial charge in [0.15, 0.2) is 6.10 Å². The zero-order chi connectivity index (χ0) is 18.6. The number of ether oxygens (including phenoxy) is 1. The second kappa shape index (κ2) is 7.68. The van der Waals surface area contributed by atoms with Crippen LogP contribution in [0.1, 0.15) is 38.2 Å². The first-order chi connectivity index (χ1) is 12.5. The van der Waals surface area contributed by atoms with E-state index in [0.29, 0.717) is 24.1 Å². The molecule has 3 rings (SSSR count). The monoisotopic (exact) mass is 355 g/mol. The molecule has 4 nitrogen and oxygen atoms in total. The van der Waals surface area contributed by atoms with Crippen LogP contribution in [0.2, 0.25) is 0 Å². The van der Waals surface area contributed by atoms with Crippen molar-refractivity contribution in [3.63, 3.8) is 0 Å². The summed E-state index contributed by atoms with van der Waals surface area (Å²) in [5.41, 5.74) is -0.0182. The van der Waals surface area contributed by atoms with Crippen LogP contribution in [0.25, 0.3) is 0 Å². The molecule has 0 unspecified atom stereocenters. The number of amides is 1. The summed E-state index contributed by atoms with van der Waals surface area (Å²) in [6, 6.07) is 15.3. The predicted octanol–water partition coefficient (Wildman–Crippen LogP) is 4.21. The number of hydrogen-bond donors (Lipinski definition) is 1. The lowest BCUT2D eigenvalue weighted by Crippen LogP contribution is -2.40. The molecule has 5 heteroatoms. The highest BCUT2D eigenvalue weighted by atomic mass is 19.1. The van der Waals surface area contributed by atoms with Crippen LogP contribution in [0.4, 0.5) is 10.1 Å². The number of hydrogen-bond acceptors (Lipinski definition) is 3. The molecule has 1 N–H and O–H groups in total. The maximum absolute atomic E-state index is 14.3. The van der Waals surface area contributed by atoms with E-state index in [-0.39, 0.29) is 0 Å². The molecule has 0 saturated heterocycles. The van der Waals surface area contributed by atoms with Crippen molar-refractivity contribution in [1.82, 2.24) is 0 Å². The Bertz CT molecular complexity index is 785. The van der Waals surface area contributed by atoms with Gasteiger partial charge in [-0.05, 0) is 38.0 Å². The summed E-state index contributed by atoms with van der Waals surface area (Å²) in [5.74, 6) is -1.35. The Morgan fingerprint density at radius 2 is 1.65 bits per heavy atom. The Morgan fingerprint density at radius 1 is 1.04 bits per heavy atom. The molecule has 0 aromatic heterocycles. The Kier molecular flexibility index (Phi) is 5.35. The molecule has 26 heavy (non-hydrogen) atoms. The molecular weight excluding hydrogens is 333 g/mol. The zero-order valence-electron chi connectivity index (χ0n) is 14.7. The molecule has 1 amide bonds. The van der Waals surface area contributed by atoms with Crippen LogP contribution in [0.3, 0.4) is 0 Å². The topological polar surface area (TPSA) is 55.4 Å². The van der Waals surface area contributed by atoms with Crippen molar-refractivity contribution in [2.45, 2.75) is 44.1 Å². The fraction of sp³-hybridized carbons (Fsp3) is 0.333. The van der Waals surface area contributed by atoms with E-state index in [4.69, 9.17) is 4.74 Å². The zero-order valence-corrected chi connectivity index (χ0v) is 14.7. The van der Waals surface area contributed by atoms with Gasteiger partial charge in [-0.15, -0.1) is 0 Å². The first-order valence-electron chi connectivity index (χ1n) is 8.85. The van der Waals surface area contributed by atoms with Gasteiger partial charge in [-0.1, -0.05) is 49.2 Å². The third-order valence-corrected chi connectivity index (χ3v) is 4.93. The molecule has 2 aromatic carbocycles. The van der Waals surface area contributed by atoms with Gasteiger partial charge in [-0.2, -0.15) is 0 Å². The van der Waals surface area contributed by atoms with E-state index in [1.54, 1.807) is 42.5 Å². The maximum atomic E-state index is 14.3. The molecule has 1 fully saturated rings. The lowest BCUT2D eigenvalue weighted by Gasteiger charge is -2.29. The molecule has 0 spiro atoms. The largest absolute Gasteiger partial charge is 0.452 e. The lowest BCUT2D eigenvalue weighted by atomic mass is 9.78. The smallest absolute Gasteiger partial charge is 0.317 e. The third-order valence-electron chi connectivity index (χ3n) is 4.93. The predicted molar refractivity (Wildman–Crippen MR) is 97.2 cm³/mol. The Hall–Kier alpha value is -2.69. The Balaban J connectivity index is 1.74. The van der Waals surface area contributed by atoms with E-state index >= 15 is 0 Å². The average molecular weight is 355 g/mol. The molecule has 1 aliphatic rings. The van der Waals surface area contributed by atoms with Gasteiger partial charge < -0.3 is 10.1 Å². The minimum atomic E-state index is -1.01. The molecule has 136 valence electrons. The second-order valence-electron chi connectivity index (χ2n) is 6.67. The molecule has 1 saturated carbocycles. The molecule has 0 bridgehead atoms. The number of carbonyl (C=O) groups is 2. The number of carbonyl (C=O) groups excluding carboxylic acids is 2. The van der Waals surface area contributed by atoms with Crippen LogP contribution >= 0.6 is 0 Å². The number of esters is 1. The van der Waals surface area contributed by atoms with Crippen molar-refractivity contribution in [3.05, 3.63) is 66.0 Å². The number of rotatable bonds is 5. The van der Waals surface area contributed by atoms with Crippen molar-refractivity contribution in [2.75, 3.05) is 5.32 Å². The van der Waals surface area contributed by atoms with Gasteiger partial charge in [-0.3, -0.25) is 9.59 Å². The van der Waals surface area contributed by atoms with Crippen LogP contribution in [0.15, 0.2) is 54.6 Å². The average Bonchev–Trinajstić information content (AvgIpc) is 3.14. The number of nitrogens with one attached hydrogen (secondary N) is 1. The lowest BCUT2D eigenvalue weighted by molar-refractivity contribution is -0.159. The summed E-state index contributed by atoms with van der Waals surface area (Å²) in [6.07, 6.45) is 1.74.